The molecule has 104 valence electrons. The molecule has 3 rings (SSSR count). The van der Waals surface area contributed by atoms with E-state index in [0.29, 0.717) is 0 Å². The topological polar surface area (TPSA) is 54.2 Å². The first-order valence-corrected chi connectivity index (χ1v) is 6.89. The van der Waals surface area contributed by atoms with Crippen LogP contribution < -0.4 is 16.0 Å². The average molecular weight is 268 g/mol. The fraction of sp³-hybridized carbons (Fsp3) is 0.312. The number of nitrogens with zero attached hydrogens (tertiary/aromatic N) is 2. The first kappa shape index (κ1) is 12.9. The number of rotatable bonds is 3. The number of hydrogen-bond donors (Lipinski definition) is 2. The van der Waals surface area contributed by atoms with Gasteiger partial charge in [0.2, 0.25) is 0 Å². The summed E-state index contributed by atoms with van der Waals surface area (Å²) in [4.78, 5) is 6.31. The molecule has 1 heterocycles. The summed E-state index contributed by atoms with van der Waals surface area (Å²) >= 11 is 0. The first-order chi connectivity index (χ1) is 9.66. The third-order valence-corrected chi connectivity index (χ3v) is 3.87. The number of aromatic nitrogens is 1. The van der Waals surface area contributed by atoms with Crippen molar-refractivity contribution in [3.63, 3.8) is 0 Å². The Morgan fingerprint density at radius 1 is 1.20 bits per heavy atom. The Morgan fingerprint density at radius 3 is 2.70 bits per heavy atom. The smallest absolute Gasteiger partial charge is 0.0769 e. The van der Waals surface area contributed by atoms with Crippen molar-refractivity contribution in [1.82, 2.24) is 4.98 Å². The second-order valence-electron chi connectivity index (χ2n) is 5.46. The van der Waals surface area contributed by atoms with Crippen LogP contribution in [0.4, 0.5) is 11.4 Å². The molecule has 20 heavy (non-hydrogen) atoms. The third kappa shape index (κ3) is 2.23. The van der Waals surface area contributed by atoms with Gasteiger partial charge in [-0.3, -0.25) is 4.98 Å². The van der Waals surface area contributed by atoms with Gasteiger partial charge in [-0.05, 0) is 23.6 Å². The molecule has 2 unspecified atom stereocenters. The van der Waals surface area contributed by atoms with Gasteiger partial charge in [-0.1, -0.05) is 24.3 Å². The predicted molar refractivity (Wildman–Crippen MR) is 82.9 cm³/mol. The van der Waals surface area contributed by atoms with Gasteiger partial charge < -0.3 is 16.0 Å². The number of fused-ring (bicyclic) bond motifs is 1. The molecule has 1 aromatic heterocycles. The van der Waals surface area contributed by atoms with Crippen LogP contribution in [0.5, 0.6) is 0 Å². The quantitative estimate of drug-likeness (QED) is 0.898. The maximum absolute atomic E-state index is 6.22. The molecular formula is C16H20N4. The highest BCUT2D eigenvalue weighted by Crippen LogP contribution is 2.40. The van der Waals surface area contributed by atoms with Crippen LogP contribution in [0.2, 0.25) is 0 Å². The van der Waals surface area contributed by atoms with Crippen LogP contribution in [0.25, 0.3) is 0 Å². The minimum absolute atomic E-state index is 0.114. The standard InChI is InChI=1S/C16H20N4/c1-20(2)16-7-8-18-10-15(16)19-14-9-13(17)11-5-3-4-6-12(11)14/h3-8,10,13-14,19H,9,17H2,1-2H3. The van der Waals surface area contributed by atoms with Crippen molar-refractivity contribution in [3.05, 3.63) is 53.9 Å². The van der Waals surface area contributed by atoms with Gasteiger partial charge in [0.15, 0.2) is 0 Å². The van der Waals surface area contributed by atoms with Gasteiger partial charge in [0.05, 0.1) is 23.6 Å². The molecular weight excluding hydrogens is 248 g/mol. The Hall–Kier alpha value is -2.07. The summed E-state index contributed by atoms with van der Waals surface area (Å²) < 4.78 is 0. The second kappa shape index (κ2) is 5.13. The van der Waals surface area contributed by atoms with E-state index in [1.54, 1.807) is 0 Å². The van der Waals surface area contributed by atoms with Crippen molar-refractivity contribution in [1.29, 1.82) is 0 Å². The molecule has 4 nitrogen and oxygen atoms in total. The Bertz CT molecular complexity index is 609. The lowest BCUT2D eigenvalue weighted by Crippen LogP contribution is -2.15. The number of nitrogens with two attached hydrogens (primary N) is 1. The molecule has 0 amide bonds. The van der Waals surface area contributed by atoms with Gasteiger partial charge in [0, 0.05) is 26.3 Å². The highest BCUT2D eigenvalue weighted by Gasteiger charge is 2.28. The van der Waals surface area contributed by atoms with Crippen LogP contribution >= 0.6 is 0 Å². The van der Waals surface area contributed by atoms with Crippen molar-refractivity contribution < 1.29 is 0 Å². The van der Waals surface area contributed by atoms with E-state index in [0.717, 1.165) is 17.8 Å². The lowest BCUT2D eigenvalue weighted by molar-refractivity contribution is 0.648. The molecule has 0 saturated heterocycles. The van der Waals surface area contributed by atoms with Gasteiger partial charge in [-0.25, -0.2) is 0 Å². The number of anilines is 2. The number of benzene rings is 1. The molecule has 1 aliphatic rings. The highest BCUT2D eigenvalue weighted by molar-refractivity contribution is 5.69. The van der Waals surface area contributed by atoms with E-state index in [1.807, 2.05) is 32.6 Å². The monoisotopic (exact) mass is 268 g/mol. The van der Waals surface area contributed by atoms with Crippen LogP contribution in [0, 0.1) is 0 Å². The first-order valence-electron chi connectivity index (χ1n) is 6.89. The maximum atomic E-state index is 6.22. The summed E-state index contributed by atoms with van der Waals surface area (Å²) in [5.41, 5.74) is 11.0. The third-order valence-electron chi connectivity index (χ3n) is 3.87. The summed E-state index contributed by atoms with van der Waals surface area (Å²) in [7, 11) is 4.07. The van der Waals surface area contributed by atoms with E-state index in [1.165, 1.54) is 11.1 Å². The summed E-state index contributed by atoms with van der Waals surface area (Å²) in [5, 5.41) is 3.59. The zero-order chi connectivity index (χ0) is 14.1. The van der Waals surface area contributed by atoms with E-state index in [2.05, 4.69) is 39.5 Å². The van der Waals surface area contributed by atoms with Crippen LogP contribution in [0.3, 0.4) is 0 Å². The fourth-order valence-corrected chi connectivity index (χ4v) is 2.89. The predicted octanol–water partition coefficient (Wildman–Crippen LogP) is 2.70. The Morgan fingerprint density at radius 2 is 1.95 bits per heavy atom. The van der Waals surface area contributed by atoms with Crippen molar-refractivity contribution in [2.45, 2.75) is 18.5 Å². The molecule has 4 heteroatoms. The highest BCUT2D eigenvalue weighted by atomic mass is 15.1. The van der Waals surface area contributed by atoms with Gasteiger partial charge in [0.25, 0.3) is 0 Å². The maximum Gasteiger partial charge on any atom is 0.0769 e. The number of hydrogen-bond acceptors (Lipinski definition) is 4. The van der Waals surface area contributed by atoms with Crippen molar-refractivity contribution in [3.8, 4) is 0 Å². The van der Waals surface area contributed by atoms with Crippen molar-refractivity contribution in [2.75, 3.05) is 24.3 Å². The molecule has 0 aliphatic heterocycles. The normalized spacial score (nSPS) is 20.6. The lowest BCUT2D eigenvalue weighted by atomic mass is 10.1. The van der Waals surface area contributed by atoms with E-state index < -0.39 is 0 Å². The van der Waals surface area contributed by atoms with E-state index >= 15 is 0 Å². The van der Waals surface area contributed by atoms with Crippen LogP contribution in [0.15, 0.2) is 42.7 Å². The molecule has 0 radical (unpaired) electrons. The van der Waals surface area contributed by atoms with Crippen LogP contribution in [-0.2, 0) is 0 Å². The summed E-state index contributed by atoms with van der Waals surface area (Å²) in [5.74, 6) is 0. The summed E-state index contributed by atoms with van der Waals surface area (Å²) in [6.45, 7) is 0. The molecule has 0 bridgehead atoms. The molecule has 1 aromatic carbocycles. The van der Waals surface area contributed by atoms with Crippen molar-refractivity contribution >= 4 is 11.4 Å². The zero-order valence-electron chi connectivity index (χ0n) is 11.9. The largest absolute Gasteiger partial charge is 0.376 e. The molecule has 0 fully saturated rings. The van der Waals surface area contributed by atoms with E-state index in [4.69, 9.17) is 5.73 Å². The molecule has 3 N–H and O–H groups in total. The van der Waals surface area contributed by atoms with Gasteiger partial charge in [-0.15, -0.1) is 0 Å². The number of pyridine rings is 1. The second-order valence-corrected chi connectivity index (χ2v) is 5.46. The van der Waals surface area contributed by atoms with Gasteiger partial charge in [-0.2, -0.15) is 0 Å². The summed E-state index contributed by atoms with van der Waals surface area (Å²) in [6, 6.07) is 10.8. The van der Waals surface area contributed by atoms with Crippen molar-refractivity contribution in [2.24, 2.45) is 5.73 Å². The van der Waals surface area contributed by atoms with E-state index in [-0.39, 0.29) is 12.1 Å². The molecule has 2 aromatic rings. The molecule has 0 saturated carbocycles. The average Bonchev–Trinajstić information content (AvgIpc) is 2.76. The van der Waals surface area contributed by atoms with Crippen LogP contribution in [0.1, 0.15) is 29.6 Å². The minimum Gasteiger partial charge on any atom is -0.376 e. The van der Waals surface area contributed by atoms with Crippen LogP contribution in [-0.4, -0.2) is 19.1 Å². The number of nitrogens with one attached hydrogen (secondary N) is 1. The van der Waals surface area contributed by atoms with Gasteiger partial charge >= 0.3 is 0 Å². The lowest BCUT2D eigenvalue weighted by Gasteiger charge is -2.21. The Kier molecular flexibility index (Phi) is 3.32. The van der Waals surface area contributed by atoms with E-state index in [9.17, 15) is 0 Å². The summed E-state index contributed by atoms with van der Waals surface area (Å²) in [6.07, 6.45) is 4.61. The zero-order valence-corrected chi connectivity index (χ0v) is 11.9. The Balaban J connectivity index is 1.90. The minimum atomic E-state index is 0.114. The molecule has 0 spiro atoms. The SMILES string of the molecule is CN(C)c1ccncc1NC1CC(N)c2ccccc21. The Labute approximate surface area is 119 Å². The van der Waals surface area contributed by atoms with Gasteiger partial charge in [0.1, 0.15) is 0 Å². The molecule has 1 aliphatic carbocycles. The molecule has 2 atom stereocenters. The fourth-order valence-electron chi connectivity index (χ4n) is 2.89.